The summed E-state index contributed by atoms with van der Waals surface area (Å²) >= 11 is 1.58. The molecule has 1 aromatic carbocycles. The van der Waals surface area contributed by atoms with E-state index >= 15 is 0 Å². The van der Waals surface area contributed by atoms with Gasteiger partial charge in [0.1, 0.15) is 5.01 Å². The van der Waals surface area contributed by atoms with E-state index in [1.54, 1.807) is 11.3 Å². The first kappa shape index (κ1) is 15.8. The van der Waals surface area contributed by atoms with Crippen molar-refractivity contribution in [3.05, 3.63) is 46.4 Å². The van der Waals surface area contributed by atoms with E-state index in [1.165, 1.54) is 5.69 Å². The highest BCUT2D eigenvalue weighted by molar-refractivity contribution is 7.09. The van der Waals surface area contributed by atoms with E-state index in [0.29, 0.717) is 0 Å². The molecule has 5 nitrogen and oxygen atoms in total. The second kappa shape index (κ2) is 7.00. The number of thiazole rings is 1. The van der Waals surface area contributed by atoms with E-state index in [9.17, 15) is 4.79 Å². The molecule has 1 fully saturated rings. The van der Waals surface area contributed by atoms with Gasteiger partial charge in [0, 0.05) is 35.9 Å². The Morgan fingerprint density at radius 1 is 1.39 bits per heavy atom. The van der Waals surface area contributed by atoms with Crippen LogP contribution in [0.15, 0.2) is 35.7 Å². The van der Waals surface area contributed by atoms with Crippen LogP contribution in [0.25, 0.3) is 0 Å². The summed E-state index contributed by atoms with van der Waals surface area (Å²) in [6, 6.07) is 10.3. The lowest BCUT2D eigenvalue weighted by Gasteiger charge is -2.19. The van der Waals surface area contributed by atoms with Crippen LogP contribution in [0.4, 0.5) is 10.5 Å². The Balaban J connectivity index is 1.49. The minimum Gasteiger partial charge on any atom is -0.369 e. The van der Waals surface area contributed by atoms with Gasteiger partial charge in [0.15, 0.2) is 0 Å². The average Bonchev–Trinajstić information content (AvgIpc) is 3.17. The second-order valence-electron chi connectivity index (χ2n) is 5.93. The molecule has 1 aliphatic rings. The number of aryl methyl sites for hydroxylation is 1. The maximum absolute atomic E-state index is 12.2. The van der Waals surface area contributed by atoms with Crippen molar-refractivity contribution in [3.8, 4) is 0 Å². The number of benzene rings is 1. The fourth-order valence-corrected chi connectivity index (χ4v) is 3.61. The number of nitrogens with zero attached hydrogens (tertiary/aromatic N) is 2. The van der Waals surface area contributed by atoms with Crippen LogP contribution in [0.5, 0.6) is 0 Å². The van der Waals surface area contributed by atoms with Crippen molar-refractivity contribution in [1.82, 2.24) is 15.6 Å². The Morgan fingerprint density at radius 3 is 2.87 bits per heavy atom. The SMILES string of the molecule is Cc1csc(C(C)NC(=O)NC2CCN(c3ccccc3)C2)n1. The summed E-state index contributed by atoms with van der Waals surface area (Å²) in [5.74, 6) is 0. The normalized spacial score (nSPS) is 18.7. The van der Waals surface area contributed by atoms with Crippen molar-refractivity contribution in [2.45, 2.75) is 32.4 Å². The third kappa shape index (κ3) is 4.01. The average molecular weight is 330 g/mol. The molecule has 0 spiro atoms. The van der Waals surface area contributed by atoms with Crippen LogP contribution in [0.2, 0.25) is 0 Å². The Hall–Kier alpha value is -2.08. The smallest absolute Gasteiger partial charge is 0.315 e. The number of nitrogens with one attached hydrogen (secondary N) is 2. The van der Waals surface area contributed by atoms with Crippen molar-refractivity contribution in [2.24, 2.45) is 0 Å². The standard InChI is InChI=1S/C17H22N4OS/c1-12-11-23-16(18-12)13(2)19-17(22)20-14-8-9-21(10-14)15-6-4-3-5-7-15/h3-7,11,13-14H,8-10H2,1-2H3,(H2,19,20,22). The van der Waals surface area contributed by atoms with Crippen LogP contribution < -0.4 is 15.5 Å². The number of anilines is 1. The zero-order chi connectivity index (χ0) is 16.2. The van der Waals surface area contributed by atoms with Crippen molar-refractivity contribution < 1.29 is 4.79 Å². The van der Waals surface area contributed by atoms with Gasteiger partial charge in [-0.1, -0.05) is 18.2 Å². The van der Waals surface area contributed by atoms with Crippen molar-refractivity contribution >= 4 is 23.1 Å². The van der Waals surface area contributed by atoms with Crippen LogP contribution >= 0.6 is 11.3 Å². The number of carbonyl (C=O) groups excluding carboxylic acids is 1. The molecule has 23 heavy (non-hydrogen) atoms. The largest absolute Gasteiger partial charge is 0.369 e. The molecular weight excluding hydrogens is 308 g/mol. The first-order valence-electron chi connectivity index (χ1n) is 7.91. The summed E-state index contributed by atoms with van der Waals surface area (Å²) in [6.45, 7) is 5.74. The van der Waals surface area contributed by atoms with Crippen LogP contribution in [-0.4, -0.2) is 30.1 Å². The quantitative estimate of drug-likeness (QED) is 0.906. The number of amides is 2. The van der Waals surface area contributed by atoms with Gasteiger partial charge >= 0.3 is 6.03 Å². The number of carbonyl (C=O) groups is 1. The first-order chi connectivity index (χ1) is 11.1. The lowest BCUT2D eigenvalue weighted by molar-refractivity contribution is 0.235. The summed E-state index contributed by atoms with van der Waals surface area (Å²) in [5, 5.41) is 8.98. The summed E-state index contributed by atoms with van der Waals surface area (Å²) in [4.78, 5) is 18.9. The molecule has 6 heteroatoms. The van der Waals surface area contributed by atoms with Gasteiger partial charge in [-0.2, -0.15) is 0 Å². The van der Waals surface area contributed by atoms with Crippen molar-refractivity contribution in [1.29, 1.82) is 0 Å². The fraction of sp³-hybridized carbons (Fsp3) is 0.412. The van der Waals surface area contributed by atoms with Crippen molar-refractivity contribution in [3.63, 3.8) is 0 Å². The lowest BCUT2D eigenvalue weighted by atomic mass is 10.2. The number of hydrogen-bond acceptors (Lipinski definition) is 4. The summed E-state index contributed by atoms with van der Waals surface area (Å²) in [7, 11) is 0. The summed E-state index contributed by atoms with van der Waals surface area (Å²) < 4.78 is 0. The molecule has 2 N–H and O–H groups in total. The van der Waals surface area contributed by atoms with Gasteiger partial charge in [-0.05, 0) is 32.4 Å². The molecule has 122 valence electrons. The molecule has 2 unspecified atom stereocenters. The number of hydrogen-bond donors (Lipinski definition) is 2. The third-order valence-corrected chi connectivity index (χ3v) is 5.14. The molecule has 3 rings (SSSR count). The van der Waals surface area contributed by atoms with Crippen LogP contribution in [0.3, 0.4) is 0 Å². The molecule has 2 atom stereocenters. The van der Waals surface area contributed by atoms with Gasteiger partial charge in [-0.25, -0.2) is 9.78 Å². The first-order valence-corrected chi connectivity index (χ1v) is 8.79. The minimum atomic E-state index is -0.120. The monoisotopic (exact) mass is 330 g/mol. The van der Waals surface area contributed by atoms with Gasteiger partial charge in [0.25, 0.3) is 0 Å². The van der Waals surface area contributed by atoms with Crippen LogP contribution in [0, 0.1) is 6.92 Å². The van der Waals surface area contributed by atoms with Crippen LogP contribution in [0.1, 0.15) is 30.1 Å². The molecule has 1 saturated heterocycles. The predicted octanol–water partition coefficient (Wildman–Crippen LogP) is 3.09. The Labute approximate surface area is 140 Å². The van der Waals surface area contributed by atoms with E-state index in [1.807, 2.05) is 37.4 Å². The number of aromatic nitrogens is 1. The zero-order valence-corrected chi connectivity index (χ0v) is 14.3. The Morgan fingerprint density at radius 2 is 2.17 bits per heavy atom. The van der Waals surface area contributed by atoms with Gasteiger partial charge in [0.2, 0.25) is 0 Å². The van der Waals surface area contributed by atoms with E-state index < -0.39 is 0 Å². The number of rotatable bonds is 4. The summed E-state index contributed by atoms with van der Waals surface area (Å²) in [6.07, 6.45) is 0.965. The molecule has 0 radical (unpaired) electrons. The summed E-state index contributed by atoms with van der Waals surface area (Å²) in [5.41, 5.74) is 2.21. The Kier molecular flexibility index (Phi) is 4.81. The topological polar surface area (TPSA) is 57.3 Å². The maximum Gasteiger partial charge on any atom is 0.315 e. The number of para-hydroxylation sites is 1. The highest BCUT2D eigenvalue weighted by Crippen LogP contribution is 2.20. The molecule has 2 heterocycles. The molecule has 0 aliphatic carbocycles. The third-order valence-electron chi connectivity index (χ3n) is 4.00. The molecule has 2 aromatic rings. The molecule has 0 saturated carbocycles. The second-order valence-corrected chi connectivity index (χ2v) is 6.82. The van der Waals surface area contributed by atoms with Gasteiger partial charge in [-0.15, -0.1) is 11.3 Å². The number of urea groups is 1. The highest BCUT2D eigenvalue weighted by Gasteiger charge is 2.24. The molecule has 2 amide bonds. The van der Waals surface area contributed by atoms with E-state index in [-0.39, 0.29) is 18.1 Å². The van der Waals surface area contributed by atoms with Crippen LogP contribution in [-0.2, 0) is 0 Å². The lowest BCUT2D eigenvalue weighted by Crippen LogP contribution is -2.44. The van der Waals surface area contributed by atoms with E-state index in [2.05, 4.69) is 32.7 Å². The molecule has 0 bridgehead atoms. The molecule has 1 aromatic heterocycles. The van der Waals surface area contributed by atoms with E-state index in [0.717, 1.165) is 30.2 Å². The van der Waals surface area contributed by atoms with E-state index in [4.69, 9.17) is 0 Å². The van der Waals surface area contributed by atoms with Gasteiger partial charge < -0.3 is 15.5 Å². The van der Waals surface area contributed by atoms with Gasteiger partial charge in [-0.3, -0.25) is 0 Å². The van der Waals surface area contributed by atoms with Crippen molar-refractivity contribution in [2.75, 3.05) is 18.0 Å². The highest BCUT2D eigenvalue weighted by atomic mass is 32.1. The maximum atomic E-state index is 12.2. The molecule has 1 aliphatic heterocycles. The fourth-order valence-electron chi connectivity index (χ4n) is 2.81. The predicted molar refractivity (Wildman–Crippen MR) is 94.0 cm³/mol. The Bertz CT molecular complexity index is 658. The zero-order valence-electron chi connectivity index (χ0n) is 13.5. The minimum absolute atomic E-state index is 0.0691. The van der Waals surface area contributed by atoms with Gasteiger partial charge in [0.05, 0.1) is 6.04 Å². The molecular formula is C17H22N4OS.